The van der Waals surface area contributed by atoms with Crippen LogP contribution in [-0.2, 0) is 15.6 Å². The Hall–Kier alpha value is -0.420. The number of nitrogens with one attached hydrogen (secondary N) is 1. The maximum Gasteiger partial charge on any atom is 0.221 e. The molecular formula is C11H24N2O2S. The zero-order valence-corrected chi connectivity index (χ0v) is 11.3. The van der Waals surface area contributed by atoms with Gasteiger partial charge >= 0.3 is 0 Å². The van der Waals surface area contributed by atoms with E-state index in [1.807, 2.05) is 6.92 Å². The Kier molecular flexibility index (Phi) is 8.47. The Bertz CT molecular complexity index is 234. The number of nitrogens with two attached hydrogens (primary N) is 1. The Labute approximate surface area is 101 Å². The molecule has 0 fully saturated rings. The van der Waals surface area contributed by atoms with Crippen LogP contribution in [0, 0.1) is 0 Å². The largest absolute Gasteiger partial charge is 0.356 e. The van der Waals surface area contributed by atoms with Crippen molar-refractivity contribution >= 4 is 16.7 Å². The topological polar surface area (TPSA) is 72.2 Å². The molecule has 0 radical (unpaired) electrons. The second-order valence-electron chi connectivity index (χ2n) is 4.20. The Balaban J connectivity index is 3.62. The van der Waals surface area contributed by atoms with E-state index in [0.29, 0.717) is 13.0 Å². The van der Waals surface area contributed by atoms with E-state index in [1.165, 1.54) is 0 Å². The summed E-state index contributed by atoms with van der Waals surface area (Å²) >= 11 is 0. The minimum Gasteiger partial charge on any atom is -0.356 e. The molecule has 0 aromatic heterocycles. The summed E-state index contributed by atoms with van der Waals surface area (Å²) in [7, 11) is -0.815. The summed E-state index contributed by atoms with van der Waals surface area (Å²) < 4.78 is 11.1. The van der Waals surface area contributed by atoms with Crippen LogP contribution in [0.1, 0.15) is 39.5 Å². The van der Waals surface area contributed by atoms with E-state index < -0.39 is 10.8 Å². The van der Waals surface area contributed by atoms with E-state index >= 15 is 0 Å². The van der Waals surface area contributed by atoms with Gasteiger partial charge in [-0.25, -0.2) is 0 Å². The van der Waals surface area contributed by atoms with Crippen molar-refractivity contribution in [1.29, 1.82) is 0 Å². The summed E-state index contributed by atoms with van der Waals surface area (Å²) in [5.41, 5.74) is 5.76. The van der Waals surface area contributed by atoms with Crippen LogP contribution >= 0.6 is 0 Å². The van der Waals surface area contributed by atoms with Gasteiger partial charge in [-0.15, -0.1) is 0 Å². The fourth-order valence-electron chi connectivity index (χ4n) is 1.36. The third-order valence-electron chi connectivity index (χ3n) is 2.55. The predicted octanol–water partition coefficient (Wildman–Crippen LogP) is 0.777. The molecule has 0 aromatic rings. The summed E-state index contributed by atoms with van der Waals surface area (Å²) in [6.07, 6.45) is 4.70. The van der Waals surface area contributed by atoms with Gasteiger partial charge in [-0.3, -0.25) is 9.00 Å². The van der Waals surface area contributed by atoms with Gasteiger partial charge in [-0.05, 0) is 12.8 Å². The number of hydrogen-bond acceptors (Lipinski definition) is 3. The van der Waals surface area contributed by atoms with Crippen molar-refractivity contribution in [2.75, 3.05) is 12.8 Å². The number of carbonyl (C=O) groups is 1. The molecule has 0 aliphatic rings. The normalized spacial score (nSPS) is 16.5. The van der Waals surface area contributed by atoms with Crippen LogP contribution in [0.25, 0.3) is 0 Å². The number of amides is 1. The van der Waals surface area contributed by atoms with E-state index in [-0.39, 0.29) is 17.2 Å². The third kappa shape index (κ3) is 7.82. The fraction of sp³-hybridized carbons (Fsp3) is 0.909. The van der Waals surface area contributed by atoms with Crippen molar-refractivity contribution in [1.82, 2.24) is 5.32 Å². The second kappa shape index (κ2) is 8.70. The molecule has 0 aromatic carbocycles. The minimum absolute atomic E-state index is 0.00460. The van der Waals surface area contributed by atoms with Crippen molar-refractivity contribution < 1.29 is 9.00 Å². The molecule has 0 bridgehead atoms. The molecule has 0 saturated carbocycles. The van der Waals surface area contributed by atoms with Crippen LogP contribution < -0.4 is 11.1 Å². The van der Waals surface area contributed by atoms with Crippen LogP contribution in [0.3, 0.4) is 0 Å². The Morgan fingerprint density at radius 3 is 2.56 bits per heavy atom. The lowest BCUT2D eigenvalue weighted by atomic mass is 10.1. The van der Waals surface area contributed by atoms with Gasteiger partial charge in [0.2, 0.25) is 5.91 Å². The zero-order valence-electron chi connectivity index (χ0n) is 10.5. The SMILES string of the molecule is CCCC(N)CC(=O)NCCC(C)S(C)=O. The van der Waals surface area contributed by atoms with E-state index in [4.69, 9.17) is 5.73 Å². The van der Waals surface area contributed by atoms with Crippen molar-refractivity contribution in [3.05, 3.63) is 0 Å². The first-order chi connectivity index (χ1) is 7.47. The molecule has 0 spiro atoms. The lowest BCUT2D eigenvalue weighted by molar-refractivity contribution is -0.121. The zero-order chi connectivity index (χ0) is 12.6. The van der Waals surface area contributed by atoms with Gasteiger partial charge < -0.3 is 11.1 Å². The predicted molar refractivity (Wildman–Crippen MR) is 68.7 cm³/mol. The second-order valence-corrected chi connectivity index (χ2v) is 6.00. The summed E-state index contributed by atoms with van der Waals surface area (Å²) in [6.45, 7) is 4.56. The molecule has 0 rings (SSSR count). The average molecular weight is 248 g/mol. The summed E-state index contributed by atoms with van der Waals surface area (Å²) in [5.74, 6) is -0.00460. The highest BCUT2D eigenvalue weighted by atomic mass is 32.2. The molecule has 96 valence electrons. The van der Waals surface area contributed by atoms with Gasteiger partial charge in [0, 0.05) is 41.3 Å². The lowest BCUT2D eigenvalue weighted by Crippen LogP contribution is -2.33. The molecule has 0 aliphatic heterocycles. The molecule has 3 unspecified atom stereocenters. The maximum atomic E-state index is 11.4. The molecule has 5 heteroatoms. The average Bonchev–Trinajstić information content (AvgIpc) is 2.17. The van der Waals surface area contributed by atoms with Gasteiger partial charge in [0.25, 0.3) is 0 Å². The van der Waals surface area contributed by atoms with Gasteiger partial charge in [-0.2, -0.15) is 0 Å². The molecule has 3 atom stereocenters. The highest BCUT2D eigenvalue weighted by molar-refractivity contribution is 7.84. The molecule has 3 N–H and O–H groups in total. The first-order valence-electron chi connectivity index (χ1n) is 5.81. The maximum absolute atomic E-state index is 11.4. The third-order valence-corrected chi connectivity index (χ3v) is 3.92. The number of carbonyl (C=O) groups excluding carboxylic acids is 1. The number of hydrogen-bond donors (Lipinski definition) is 2. The van der Waals surface area contributed by atoms with Gasteiger partial charge in [0.05, 0.1) is 0 Å². The molecule has 1 amide bonds. The van der Waals surface area contributed by atoms with Gasteiger partial charge in [0.15, 0.2) is 0 Å². The van der Waals surface area contributed by atoms with Crippen LogP contribution in [0.5, 0.6) is 0 Å². The van der Waals surface area contributed by atoms with Crippen LogP contribution in [0.2, 0.25) is 0 Å². The Morgan fingerprint density at radius 2 is 2.06 bits per heavy atom. The molecule has 16 heavy (non-hydrogen) atoms. The molecule has 0 saturated heterocycles. The standard InChI is InChI=1S/C11H24N2O2S/c1-4-5-10(12)8-11(14)13-7-6-9(2)16(3)15/h9-10H,4-8,12H2,1-3H3,(H,13,14). The highest BCUT2D eigenvalue weighted by Gasteiger charge is 2.10. The molecule has 0 aliphatic carbocycles. The highest BCUT2D eigenvalue weighted by Crippen LogP contribution is 2.00. The summed E-state index contributed by atoms with van der Waals surface area (Å²) in [4.78, 5) is 11.4. The summed E-state index contributed by atoms with van der Waals surface area (Å²) in [5, 5.41) is 2.93. The van der Waals surface area contributed by atoms with Crippen LogP contribution in [0.4, 0.5) is 0 Å². The molecular weight excluding hydrogens is 224 g/mol. The van der Waals surface area contributed by atoms with Crippen LogP contribution in [-0.4, -0.2) is 34.2 Å². The molecule has 0 heterocycles. The van der Waals surface area contributed by atoms with Crippen molar-refractivity contribution in [3.8, 4) is 0 Å². The smallest absolute Gasteiger partial charge is 0.221 e. The monoisotopic (exact) mass is 248 g/mol. The fourth-order valence-corrected chi connectivity index (χ4v) is 1.81. The van der Waals surface area contributed by atoms with Gasteiger partial charge in [0.1, 0.15) is 0 Å². The van der Waals surface area contributed by atoms with Crippen molar-refractivity contribution in [3.63, 3.8) is 0 Å². The Morgan fingerprint density at radius 1 is 1.44 bits per heavy atom. The first kappa shape index (κ1) is 15.6. The van der Waals surface area contributed by atoms with Crippen molar-refractivity contribution in [2.45, 2.75) is 50.8 Å². The van der Waals surface area contributed by atoms with Crippen LogP contribution in [0.15, 0.2) is 0 Å². The number of rotatable bonds is 8. The minimum atomic E-state index is -0.815. The van der Waals surface area contributed by atoms with E-state index in [1.54, 1.807) is 6.26 Å². The van der Waals surface area contributed by atoms with Crippen molar-refractivity contribution in [2.24, 2.45) is 5.73 Å². The first-order valence-corrected chi connectivity index (χ1v) is 7.44. The van der Waals surface area contributed by atoms with E-state index in [9.17, 15) is 9.00 Å². The quantitative estimate of drug-likeness (QED) is 0.666. The summed E-state index contributed by atoms with van der Waals surface area (Å²) in [6, 6.07) is -0.0391. The molecule has 4 nitrogen and oxygen atoms in total. The van der Waals surface area contributed by atoms with Gasteiger partial charge in [-0.1, -0.05) is 20.3 Å². The lowest BCUT2D eigenvalue weighted by Gasteiger charge is -2.12. The van der Waals surface area contributed by atoms with E-state index in [0.717, 1.165) is 19.3 Å². The van der Waals surface area contributed by atoms with E-state index in [2.05, 4.69) is 12.2 Å².